The summed E-state index contributed by atoms with van der Waals surface area (Å²) in [5, 5.41) is 3.13. The molecule has 0 bridgehead atoms. The molecule has 0 heterocycles. The molecule has 8 heteroatoms. The van der Waals surface area contributed by atoms with Crippen molar-refractivity contribution in [1.29, 1.82) is 0 Å². The lowest BCUT2D eigenvalue weighted by Gasteiger charge is -2.20. The largest absolute Gasteiger partial charge is 0.494 e. The fourth-order valence-corrected chi connectivity index (χ4v) is 4.38. The maximum atomic E-state index is 13.2. The lowest BCUT2D eigenvalue weighted by molar-refractivity contribution is 0.102. The van der Waals surface area contributed by atoms with E-state index in [4.69, 9.17) is 16.3 Å². The number of anilines is 2. The molecule has 0 saturated heterocycles. The van der Waals surface area contributed by atoms with Crippen LogP contribution in [-0.2, 0) is 10.0 Å². The summed E-state index contributed by atoms with van der Waals surface area (Å²) in [6.07, 6.45) is 0. The SMILES string of the molecule is CCOc1ccc(N(C)S(=O)(=O)c2ccc(C)c(C(=O)Nc3ccccc3Cl)c2)cc1. The number of ether oxygens (including phenoxy) is 1. The van der Waals surface area contributed by atoms with E-state index in [-0.39, 0.29) is 10.5 Å². The van der Waals surface area contributed by atoms with Gasteiger partial charge in [-0.15, -0.1) is 0 Å². The summed E-state index contributed by atoms with van der Waals surface area (Å²) in [6.45, 7) is 4.14. The van der Waals surface area contributed by atoms with Gasteiger partial charge in [-0.2, -0.15) is 0 Å². The molecule has 6 nitrogen and oxygen atoms in total. The molecule has 0 atom stereocenters. The molecular formula is C23H23ClN2O4S. The van der Waals surface area contributed by atoms with Gasteiger partial charge in [-0.3, -0.25) is 9.10 Å². The molecule has 1 amide bonds. The topological polar surface area (TPSA) is 75.7 Å². The van der Waals surface area contributed by atoms with Gasteiger partial charge in [0.25, 0.3) is 15.9 Å². The predicted octanol–water partition coefficient (Wildman–Crippen LogP) is 5.12. The van der Waals surface area contributed by atoms with E-state index >= 15 is 0 Å². The van der Waals surface area contributed by atoms with Gasteiger partial charge in [0.1, 0.15) is 5.75 Å². The highest BCUT2D eigenvalue weighted by Gasteiger charge is 2.23. The summed E-state index contributed by atoms with van der Waals surface area (Å²) in [5.41, 5.74) is 1.83. The number of benzene rings is 3. The van der Waals surface area contributed by atoms with E-state index in [0.717, 1.165) is 0 Å². The van der Waals surface area contributed by atoms with E-state index in [0.29, 0.717) is 34.3 Å². The van der Waals surface area contributed by atoms with Crippen LogP contribution >= 0.6 is 11.6 Å². The molecule has 0 aliphatic heterocycles. The second kappa shape index (κ2) is 9.41. The maximum Gasteiger partial charge on any atom is 0.264 e. The standard InChI is InChI=1S/C23H23ClN2O4S/c1-4-30-18-12-10-17(11-13-18)26(3)31(28,29)19-14-9-16(2)20(15-19)23(27)25-22-8-6-5-7-21(22)24/h5-15H,4H2,1-3H3,(H,25,27). The predicted molar refractivity (Wildman–Crippen MR) is 124 cm³/mol. The van der Waals surface area contributed by atoms with Crippen molar-refractivity contribution in [1.82, 2.24) is 0 Å². The second-order valence-electron chi connectivity index (χ2n) is 6.81. The van der Waals surface area contributed by atoms with Crippen molar-refractivity contribution >= 4 is 38.9 Å². The first kappa shape index (κ1) is 22.7. The molecule has 31 heavy (non-hydrogen) atoms. The molecule has 0 fully saturated rings. The van der Waals surface area contributed by atoms with Crippen molar-refractivity contribution in [2.45, 2.75) is 18.7 Å². The van der Waals surface area contributed by atoms with E-state index in [1.54, 1.807) is 61.5 Å². The molecule has 3 rings (SSSR count). The van der Waals surface area contributed by atoms with E-state index in [2.05, 4.69) is 5.32 Å². The smallest absolute Gasteiger partial charge is 0.264 e. The summed E-state index contributed by atoms with van der Waals surface area (Å²) < 4.78 is 32.9. The van der Waals surface area contributed by atoms with Crippen LogP contribution in [-0.4, -0.2) is 28.0 Å². The maximum absolute atomic E-state index is 13.2. The number of nitrogens with one attached hydrogen (secondary N) is 1. The van der Waals surface area contributed by atoms with Crippen molar-refractivity contribution in [3.63, 3.8) is 0 Å². The first-order valence-corrected chi connectivity index (χ1v) is 11.4. The van der Waals surface area contributed by atoms with E-state index in [1.807, 2.05) is 6.92 Å². The normalized spacial score (nSPS) is 11.1. The van der Waals surface area contributed by atoms with Crippen molar-refractivity contribution in [2.24, 2.45) is 0 Å². The lowest BCUT2D eigenvalue weighted by Crippen LogP contribution is -2.27. The first-order chi connectivity index (χ1) is 14.7. The van der Waals surface area contributed by atoms with Gasteiger partial charge in [0, 0.05) is 12.6 Å². The van der Waals surface area contributed by atoms with Gasteiger partial charge < -0.3 is 10.1 Å². The molecule has 0 spiro atoms. The van der Waals surface area contributed by atoms with Gasteiger partial charge in [-0.1, -0.05) is 29.8 Å². The van der Waals surface area contributed by atoms with Crippen molar-refractivity contribution in [2.75, 3.05) is 23.3 Å². The lowest BCUT2D eigenvalue weighted by atomic mass is 10.1. The van der Waals surface area contributed by atoms with Crippen LogP contribution in [0, 0.1) is 6.92 Å². The quantitative estimate of drug-likeness (QED) is 0.532. The Balaban J connectivity index is 1.90. The van der Waals surface area contributed by atoms with Gasteiger partial charge in [-0.05, 0) is 67.9 Å². The van der Waals surface area contributed by atoms with E-state index in [1.165, 1.54) is 23.5 Å². The zero-order valence-corrected chi connectivity index (χ0v) is 19.0. The molecule has 0 radical (unpaired) electrons. The minimum Gasteiger partial charge on any atom is -0.494 e. The Bertz CT molecular complexity index is 1190. The number of amides is 1. The number of carbonyl (C=O) groups is 1. The molecule has 1 N–H and O–H groups in total. The number of nitrogens with zero attached hydrogens (tertiary/aromatic N) is 1. The average Bonchev–Trinajstić information content (AvgIpc) is 2.75. The Labute approximate surface area is 187 Å². The summed E-state index contributed by atoms with van der Waals surface area (Å²) >= 11 is 6.11. The van der Waals surface area contributed by atoms with Gasteiger partial charge in [0.15, 0.2) is 0 Å². The number of hydrogen-bond donors (Lipinski definition) is 1. The van der Waals surface area contributed by atoms with Crippen molar-refractivity contribution in [3.05, 3.63) is 82.9 Å². The fraction of sp³-hybridized carbons (Fsp3) is 0.174. The van der Waals surface area contributed by atoms with Crippen LogP contribution in [0.1, 0.15) is 22.8 Å². The first-order valence-electron chi connectivity index (χ1n) is 9.62. The van der Waals surface area contributed by atoms with Crippen molar-refractivity contribution in [3.8, 4) is 5.75 Å². The zero-order valence-electron chi connectivity index (χ0n) is 17.4. The van der Waals surface area contributed by atoms with Crippen LogP contribution in [0.5, 0.6) is 5.75 Å². The number of carbonyl (C=O) groups excluding carboxylic acids is 1. The van der Waals surface area contributed by atoms with Crippen LogP contribution in [0.4, 0.5) is 11.4 Å². The van der Waals surface area contributed by atoms with Gasteiger partial charge >= 0.3 is 0 Å². The van der Waals surface area contributed by atoms with Crippen LogP contribution in [0.25, 0.3) is 0 Å². The van der Waals surface area contributed by atoms with Gasteiger partial charge in [0.05, 0.1) is 27.9 Å². The van der Waals surface area contributed by atoms with Gasteiger partial charge in [-0.25, -0.2) is 8.42 Å². The van der Waals surface area contributed by atoms with E-state index in [9.17, 15) is 13.2 Å². The molecule has 3 aromatic carbocycles. The highest BCUT2D eigenvalue weighted by molar-refractivity contribution is 7.92. The van der Waals surface area contributed by atoms with Crippen LogP contribution in [0.2, 0.25) is 5.02 Å². The Kier molecular flexibility index (Phi) is 6.87. The van der Waals surface area contributed by atoms with Crippen LogP contribution in [0.15, 0.2) is 71.6 Å². The summed E-state index contributed by atoms with van der Waals surface area (Å²) in [4.78, 5) is 12.8. The Morgan fingerprint density at radius 2 is 1.74 bits per heavy atom. The number of rotatable bonds is 7. The third-order valence-corrected chi connectivity index (χ3v) is 6.86. The van der Waals surface area contributed by atoms with Gasteiger partial charge in [0.2, 0.25) is 0 Å². The molecule has 0 saturated carbocycles. The molecule has 3 aromatic rings. The highest BCUT2D eigenvalue weighted by Crippen LogP contribution is 2.27. The Hall–Kier alpha value is -3.03. The minimum atomic E-state index is -3.88. The van der Waals surface area contributed by atoms with Crippen LogP contribution < -0.4 is 14.4 Å². The number of sulfonamides is 1. The summed E-state index contributed by atoms with van der Waals surface area (Å²) in [7, 11) is -2.42. The zero-order chi connectivity index (χ0) is 22.6. The molecular weight excluding hydrogens is 436 g/mol. The van der Waals surface area contributed by atoms with E-state index < -0.39 is 15.9 Å². The number of halogens is 1. The average molecular weight is 459 g/mol. The molecule has 162 valence electrons. The Morgan fingerprint density at radius 3 is 2.39 bits per heavy atom. The number of para-hydroxylation sites is 1. The van der Waals surface area contributed by atoms with Crippen molar-refractivity contribution < 1.29 is 17.9 Å². The molecule has 0 unspecified atom stereocenters. The summed E-state index contributed by atoms with van der Waals surface area (Å²) in [6, 6.07) is 18.1. The summed E-state index contributed by atoms with van der Waals surface area (Å²) in [5.74, 6) is 0.220. The number of hydrogen-bond acceptors (Lipinski definition) is 4. The molecule has 0 aromatic heterocycles. The Morgan fingerprint density at radius 1 is 1.06 bits per heavy atom. The molecule has 0 aliphatic rings. The van der Waals surface area contributed by atoms with Crippen LogP contribution in [0.3, 0.4) is 0 Å². The third-order valence-electron chi connectivity index (χ3n) is 4.75. The number of aryl methyl sites for hydroxylation is 1. The highest BCUT2D eigenvalue weighted by atomic mass is 35.5. The monoisotopic (exact) mass is 458 g/mol. The molecule has 0 aliphatic carbocycles. The second-order valence-corrected chi connectivity index (χ2v) is 9.19. The third kappa shape index (κ3) is 5.00. The fourth-order valence-electron chi connectivity index (χ4n) is 2.97. The minimum absolute atomic E-state index is 0.0128.